The Balaban J connectivity index is 2.99. The average Bonchev–Trinajstić information content (AvgIpc) is 2.34. The first-order valence-corrected chi connectivity index (χ1v) is 8.12. The van der Waals surface area contributed by atoms with Crippen molar-refractivity contribution < 1.29 is 5.11 Å². The Morgan fingerprint density at radius 3 is 1.67 bits per heavy atom. The van der Waals surface area contributed by atoms with Gasteiger partial charge in [0, 0.05) is 0 Å². The molecule has 0 radical (unpaired) electrons. The predicted octanol–water partition coefficient (Wildman–Crippen LogP) is 5.62. The van der Waals surface area contributed by atoms with E-state index in [2.05, 4.69) is 13.0 Å². The van der Waals surface area contributed by atoms with Crippen LogP contribution in [-0.2, 0) is 0 Å². The van der Waals surface area contributed by atoms with E-state index in [4.69, 9.17) is 5.11 Å². The monoisotopic (exact) mass is 254 g/mol. The zero-order valence-corrected chi connectivity index (χ0v) is 12.7. The molecule has 0 aromatic heterocycles. The zero-order valence-electron chi connectivity index (χ0n) is 12.7. The van der Waals surface area contributed by atoms with Crippen LogP contribution in [0.4, 0.5) is 0 Å². The third kappa shape index (κ3) is 15.7. The lowest BCUT2D eigenvalue weighted by Crippen LogP contribution is -1.91. The van der Waals surface area contributed by atoms with Gasteiger partial charge in [-0.05, 0) is 19.8 Å². The van der Waals surface area contributed by atoms with Crippen LogP contribution in [0.15, 0.2) is 12.2 Å². The summed E-state index contributed by atoms with van der Waals surface area (Å²) in [6.07, 6.45) is 20.2. The maximum Gasteiger partial charge on any atom is 0.0692 e. The van der Waals surface area contributed by atoms with E-state index in [9.17, 15) is 0 Å². The molecule has 1 N–H and O–H groups in total. The molecule has 1 heteroatoms. The Kier molecular flexibility index (Phi) is 14.5. The predicted molar refractivity (Wildman–Crippen MR) is 81.9 cm³/mol. The van der Waals surface area contributed by atoms with Crippen LogP contribution in [0.25, 0.3) is 0 Å². The van der Waals surface area contributed by atoms with Crippen molar-refractivity contribution in [3.8, 4) is 0 Å². The van der Waals surface area contributed by atoms with E-state index >= 15 is 0 Å². The Hall–Kier alpha value is -0.300. The molecule has 0 saturated carbocycles. The van der Waals surface area contributed by atoms with Gasteiger partial charge in [-0.25, -0.2) is 0 Å². The summed E-state index contributed by atoms with van der Waals surface area (Å²) in [6.45, 7) is 4.08. The second kappa shape index (κ2) is 14.8. The molecule has 1 nitrogen and oxygen atoms in total. The Labute approximate surface area is 115 Å². The molecule has 0 unspecified atom stereocenters. The van der Waals surface area contributed by atoms with Gasteiger partial charge in [0.1, 0.15) is 0 Å². The van der Waals surface area contributed by atoms with Crippen LogP contribution in [0.2, 0.25) is 0 Å². The molecule has 0 spiro atoms. The molecule has 0 saturated heterocycles. The van der Waals surface area contributed by atoms with Gasteiger partial charge in [-0.15, -0.1) is 0 Å². The molecule has 0 rings (SSSR count). The van der Waals surface area contributed by atoms with Crippen LogP contribution in [0.5, 0.6) is 0 Å². The van der Waals surface area contributed by atoms with Crippen molar-refractivity contribution in [2.75, 3.05) is 0 Å². The first-order chi connectivity index (χ1) is 8.77. The normalized spacial score (nSPS) is 13.3. The molecule has 18 heavy (non-hydrogen) atoms. The van der Waals surface area contributed by atoms with Gasteiger partial charge in [0.15, 0.2) is 0 Å². The quantitative estimate of drug-likeness (QED) is 0.334. The smallest absolute Gasteiger partial charge is 0.0692 e. The standard InChI is InChI=1S/C17H34O/c1-3-4-5-6-7-8-9-10-11-12-13-14-15-16-17(2)18/h15-18H,3-14H2,1-2H3/b16-15+/t17-/m0/s1. The number of aliphatic hydroxyl groups is 1. The minimum Gasteiger partial charge on any atom is -0.389 e. The molecular weight excluding hydrogens is 220 g/mol. The van der Waals surface area contributed by atoms with Gasteiger partial charge in [0.25, 0.3) is 0 Å². The lowest BCUT2D eigenvalue weighted by molar-refractivity contribution is 0.244. The first kappa shape index (κ1) is 17.7. The molecule has 1 atom stereocenters. The average molecular weight is 254 g/mol. The minimum absolute atomic E-state index is 0.280. The molecule has 0 amide bonds. The van der Waals surface area contributed by atoms with Gasteiger partial charge in [0.05, 0.1) is 6.10 Å². The van der Waals surface area contributed by atoms with E-state index in [0.717, 1.165) is 6.42 Å². The molecule has 0 aliphatic rings. The molecule has 108 valence electrons. The van der Waals surface area contributed by atoms with Crippen LogP contribution in [0.1, 0.15) is 90.9 Å². The second-order valence-corrected chi connectivity index (χ2v) is 5.49. The van der Waals surface area contributed by atoms with Crippen molar-refractivity contribution in [2.24, 2.45) is 0 Å². The van der Waals surface area contributed by atoms with Crippen molar-refractivity contribution in [2.45, 2.75) is 97.0 Å². The summed E-state index contributed by atoms with van der Waals surface area (Å²) in [5.41, 5.74) is 0. The first-order valence-electron chi connectivity index (χ1n) is 8.12. The number of hydrogen-bond donors (Lipinski definition) is 1. The van der Waals surface area contributed by atoms with Gasteiger partial charge in [-0.3, -0.25) is 0 Å². The van der Waals surface area contributed by atoms with E-state index in [1.54, 1.807) is 6.92 Å². The number of rotatable bonds is 13. The van der Waals surface area contributed by atoms with Gasteiger partial charge in [-0.2, -0.15) is 0 Å². The van der Waals surface area contributed by atoms with Gasteiger partial charge >= 0.3 is 0 Å². The summed E-state index contributed by atoms with van der Waals surface area (Å²) in [5, 5.41) is 9.04. The molecule has 0 aliphatic carbocycles. The van der Waals surface area contributed by atoms with Crippen molar-refractivity contribution in [3.05, 3.63) is 12.2 Å². The highest BCUT2D eigenvalue weighted by Gasteiger charge is 1.92. The zero-order chi connectivity index (χ0) is 13.5. The summed E-state index contributed by atoms with van der Waals surface area (Å²) < 4.78 is 0. The van der Waals surface area contributed by atoms with Crippen LogP contribution in [0.3, 0.4) is 0 Å². The van der Waals surface area contributed by atoms with Crippen LogP contribution >= 0.6 is 0 Å². The van der Waals surface area contributed by atoms with E-state index in [1.165, 1.54) is 70.6 Å². The fraction of sp³-hybridized carbons (Fsp3) is 0.882. The van der Waals surface area contributed by atoms with Crippen molar-refractivity contribution >= 4 is 0 Å². The second-order valence-electron chi connectivity index (χ2n) is 5.49. The Bertz CT molecular complexity index is 172. The largest absolute Gasteiger partial charge is 0.389 e. The molecule has 0 aromatic rings. The summed E-state index contributed by atoms with van der Waals surface area (Å²) >= 11 is 0. The summed E-state index contributed by atoms with van der Waals surface area (Å²) in [4.78, 5) is 0. The highest BCUT2D eigenvalue weighted by Crippen LogP contribution is 2.11. The van der Waals surface area contributed by atoms with E-state index in [1.807, 2.05) is 6.08 Å². The molecule has 0 fully saturated rings. The summed E-state index contributed by atoms with van der Waals surface area (Å²) in [7, 11) is 0. The number of hydrogen-bond acceptors (Lipinski definition) is 1. The van der Waals surface area contributed by atoms with Crippen LogP contribution in [-0.4, -0.2) is 11.2 Å². The SMILES string of the molecule is CCCCCCCCCCCCC/C=C/[C@H](C)O. The number of unbranched alkanes of at least 4 members (excludes halogenated alkanes) is 11. The van der Waals surface area contributed by atoms with Crippen molar-refractivity contribution in [1.29, 1.82) is 0 Å². The van der Waals surface area contributed by atoms with Gasteiger partial charge in [-0.1, -0.05) is 83.3 Å². The fourth-order valence-corrected chi connectivity index (χ4v) is 2.22. The van der Waals surface area contributed by atoms with Crippen LogP contribution < -0.4 is 0 Å². The molecule has 0 aliphatic heterocycles. The van der Waals surface area contributed by atoms with Crippen molar-refractivity contribution in [1.82, 2.24) is 0 Å². The molecule has 0 heterocycles. The molecule has 0 aromatic carbocycles. The third-order valence-electron chi connectivity index (χ3n) is 3.39. The number of allylic oxidation sites excluding steroid dienone is 1. The maximum atomic E-state index is 9.04. The van der Waals surface area contributed by atoms with E-state index in [-0.39, 0.29) is 6.10 Å². The maximum absolute atomic E-state index is 9.04. The lowest BCUT2D eigenvalue weighted by Gasteiger charge is -2.01. The summed E-state index contributed by atoms with van der Waals surface area (Å²) in [5.74, 6) is 0. The minimum atomic E-state index is -0.280. The molecular formula is C17H34O. The topological polar surface area (TPSA) is 20.2 Å². The number of aliphatic hydroxyl groups excluding tert-OH is 1. The fourth-order valence-electron chi connectivity index (χ4n) is 2.22. The lowest BCUT2D eigenvalue weighted by atomic mass is 10.1. The Morgan fingerprint density at radius 2 is 1.22 bits per heavy atom. The summed E-state index contributed by atoms with van der Waals surface area (Å²) in [6, 6.07) is 0. The third-order valence-corrected chi connectivity index (χ3v) is 3.39. The van der Waals surface area contributed by atoms with Crippen LogP contribution in [0, 0.1) is 0 Å². The molecule has 0 bridgehead atoms. The van der Waals surface area contributed by atoms with Crippen molar-refractivity contribution in [3.63, 3.8) is 0 Å². The Morgan fingerprint density at radius 1 is 0.778 bits per heavy atom. The highest BCUT2D eigenvalue weighted by atomic mass is 16.3. The highest BCUT2D eigenvalue weighted by molar-refractivity contribution is 4.85. The van der Waals surface area contributed by atoms with E-state index < -0.39 is 0 Å². The van der Waals surface area contributed by atoms with Gasteiger partial charge in [0.2, 0.25) is 0 Å². The van der Waals surface area contributed by atoms with Gasteiger partial charge < -0.3 is 5.11 Å². The van der Waals surface area contributed by atoms with E-state index in [0.29, 0.717) is 0 Å².